The quantitative estimate of drug-likeness (QED) is 0.837. The maximum Gasteiger partial charge on any atom is 0.254 e. The molecule has 0 spiro atoms. The van der Waals surface area contributed by atoms with Crippen LogP contribution in [-0.4, -0.2) is 34.4 Å². The minimum Gasteiger partial charge on any atom is -0.508 e. The Labute approximate surface area is 106 Å². The van der Waals surface area contributed by atoms with Gasteiger partial charge in [-0.15, -0.1) is 0 Å². The Morgan fingerprint density at radius 2 is 2.00 bits per heavy atom. The molecule has 1 aromatic rings. The molecule has 0 saturated heterocycles. The summed E-state index contributed by atoms with van der Waals surface area (Å²) in [5.41, 5.74) is 6.01. The fourth-order valence-electron chi connectivity index (χ4n) is 1.67. The van der Waals surface area contributed by atoms with E-state index >= 15 is 0 Å². The molecule has 0 unspecified atom stereocenters. The van der Waals surface area contributed by atoms with E-state index in [-0.39, 0.29) is 24.2 Å². The SMILES string of the molecule is Cc1c(O)cccc1C(=O)N(CC(N)=O)C(C)C. The molecule has 0 radical (unpaired) electrons. The van der Waals surface area contributed by atoms with Crippen molar-refractivity contribution in [3.05, 3.63) is 29.3 Å². The van der Waals surface area contributed by atoms with Gasteiger partial charge in [-0.2, -0.15) is 0 Å². The predicted molar refractivity (Wildman–Crippen MR) is 68.2 cm³/mol. The monoisotopic (exact) mass is 250 g/mol. The largest absolute Gasteiger partial charge is 0.508 e. The second-order valence-corrected chi connectivity index (χ2v) is 4.44. The summed E-state index contributed by atoms with van der Waals surface area (Å²) in [6, 6.07) is 4.58. The average molecular weight is 250 g/mol. The Hall–Kier alpha value is -2.04. The summed E-state index contributed by atoms with van der Waals surface area (Å²) < 4.78 is 0. The third-order valence-electron chi connectivity index (χ3n) is 2.75. The van der Waals surface area contributed by atoms with Gasteiger partial charge in [0.25, 0.3) is 5.91 Å². The van der Waals surface area contributed by atoms with Crippen LogP contribution in [0.2, 0.25) is 0 Å². The molecule has 5 heteroatoms. The first-order chi connectivity index (χ1) is 8.34. The number of primary amides is 1. The molecule has 0 saturated carbocycles. The van der Waals surface area contributed by atoms with Crippen LogP contribution in [0, 0.1) is 6.92 Å². The highest BCUT2D eigenvalue weighted by Crippen LogP contribution is 2.21. The van der Waals surface area contributed by atoms with Crippen molar-refractivity contribution in [1.29, 1.82) is 0 Å². The van der Waals surface area contributed by atoms with Gasteiger partial charge in [0.1, 0.15) is 5.75 Å². The fraction of sp³-hybridized carbons (Fsp3) is 0.385. The number of aromatic hydroxyl groups is 1. The van der Waals surface area contributed by atoms with E-state index in [0.717, 1.165) is 0 Å². The van der Waals surface area contributed by atoms with Gasteiger partial charge in [-0.25, -0.2) is 0 Å². The van der Waals surface area contributed by atoms with Crippen LogP contribution in [0.3, 0.4) is 0 Å². The molecule has 0 fully saturated rings. The predicted octanol–water partition coefficient (Wildman–Crippen LogP) is 1.04. The van der Waals surface area contributed by atoms with Gasteiger partial charge in [-0.05, 0) is 32.9 Å². The number of nitrogens with two attached hydrogens (primary N) is 1. The van der Waals surface area contributed by atoms with Crippen LogP contribution >= 0.6 is 0 Å². The van der Waals surface area contributed by atoms with Crippen molar-refractivity contribution in [2.24, 2.45) is 5.73 Å². The number of nitrogens with zero attached hydrogens (tertiary/aromatic N) is 1. The third-order valence-corrected chi connectivity index (χ3v) is 2.75. The highest BCUT2D eigenvalue weighted by atomic mass is 16.3. The second kappa shape index (κ2) is 5.53. The molecule has 3 N–H and O–H groups in total. The number of hydrogen-bond donors (Lipinski definition) is 2. The van der Waals surface area contributed by atoms with Crippen LogP contribution in [0.15, 0.2) is 18.2 Å². The summed E-state index contributed by atoms with van der Waals surface area (Å²) in [5, 5.41) is 9.59. The zero-order chi connectivity index (χ0) is 13.9. The molecule has 0 heterocycles. The number of carbonyl (C=O) groups is 2. The van der Waals surface area contributed by atoms with Gasteiger partial charge in [0.05, 0.1) is 6.54 Å². The summed E-state index contributed by atoms with van der Waals surface area (Å²) in [6.07, 6.45) is 0. The van der Waals surface area contributed by atoms with Crippen molar-refractivity contribution in [1.82, 2.24) is 4.90 Å². The molecular formula is C13H18N2O3. The van der Waals surface area contributed by atoms with Gasteiger partial charge in [0.2, 0.25) is 5.91 Å². The fourth-order valence-corrected chi connectivity index (χ4v) is 1.67. The number of amides is 2. The van der Waals surface area contributed by atoms with E-state index in [1.165, 1.54) is 11.0 Å². The number of carbonyl (C=O) groups excluding carboxylic acids is 2. The van der Waals surface area contributed by atoms with E-state index in [2.05, 4.69) is 0 Å². The first kappa shape index (κ1) is 14.0. The van der Waals surface area contributed by atoms with Gasteiger partial charge in [0, 0.05) is 17.2 Å². The average Bonchev–Trinajstić information content (AvgIpc) is 2.28. The van der Waals surface area contributed by atoms with E-state index in [9.17, 15) is 14.7 Å². The van der Waals surface area contributed by atoms with Crippen molar-refractivity contribution < 1.29 is 14.7 Å². The van der Waals surface area contributed by atoms with Crippen molar-refractivity contribution in [2.45, 2.75) is 26.8 Å². The van der Waals surface area contributed by atoms with E-state index in [0.29, 0.717) is 11.1 Å². The van der Waals surface area contributed by atoms with Crippen LogP contribution < -0.4 is 5.73 Å². The molecule has 18 heavy (non-hydrogen) atoms. The van der Waals surface area contributed by atoms with Crippen LogP contribution in [0.1, 0.15) is 29.8 Å². The lowest BCUT2D eigenvalue weighted by Gasteiger charge is -2.26. The molecule has 0 bridgehead atoms. The standard InChI is InChI=1S/C13H18N2O3/c1-8(2)15(7-12(14)17)13(18)10-5-4-6-11(16)9(10)3/h4-6,8,16H,7H2,1-3H3,(H2,14,17). The maximum atomic E-state index is 12.3. The number of rotatable bonds is 4. The van der Waals surface area contributed by atoms with Crippen LogP contribution in [0.4, 0.5) is 0 Å². The van der Waals surface area contributed by atoms with E-state index in [1.807, 2.05) is 0 Å². The number of hydrogen-bond acceptors (Lipinski definition) is 3. The Kier molecular flexibility index (Phi) is 4.31. The highest BCUT2D eigenvalue weighted by Gasteiger charge is 2.22. The van der Waals surface area contributed by atoms with Crippen molar-refractivity contribution in [3.63, 3.8) is 0 Å². The lowest BCUT2D eigenvalue weighted by Crippen LogP contribution is -2.43. The maximum absolute atomic E-state index is 12.3. The van der Waals surface area contributed by atoms with E-state index < -0.39 is 5.91 Å². The smallest absolute Gasteiger partial charge is 0.254 e. The van der Waals surface area contributed by atoms with Gasteiger partial charge in [0.15, 0.2) is 0 Å². The van der Waals surface area contributed by atoms with Crippen molar-refractivity contribution in [2.75, 3.05) is 6.54 Å². The van der Waals surface area contributed by atoms with Crippen molar-refractivity contribution >= 4 is 11.8 Å². The van der Waals surface area contributed by atoms with Gasteiger partial charge < -0.3 is 15.7 Å². The summed E-state index contributed by atoms with van der Waals surface area (Å²) >= 11 is 0. The van der Waals surface area contributed by atoms with Crippen LogP contribution in [0.5, 0.6) is 5.75 Å². The van der Waals surface area contributed by atoms with Crippen molar-refractivity contribution in [3.8, 4) is 5.75 Å². The Bertz CT molecular complexity index is 469. The molecule has 0 aliphatic carbocycles. The minimum absolute atomic E-state index is 0.0589. The first-order valence-corrected chi connectivity index (χ1v) is 5.72. The molecule has 0 aliphatic rings. The molecule has 98 valence electrons. The van der Waals surface area contributed by atoms with Gasteiger partial charge >= 0.3 is 0 Å². The van der Waals surface area contributed by atoms with E-state index in [1.54, 1.807) is 32.9 Å². The zero-order valence-corrected chi connectivity index (χ0v) is 10.8. The third kappa shape index (κ3) is 3.00. The molecule has 0 atom stereocenters. The lowest BCUT2D eigenvalue weighted by molar-refractivity contribution is -0.119. The van der Waals surface area contributed by atoms with E-state index in [4.69, 9.17) is 5.73 Å². The topological polar surface area (TPSA) is 83.6 Å². The normalized spacial score (nSPS) is 10.4. The van der Waals surface area contributed by atoms with Gasteiger partial charge in [-0.1, -0.05) is 6.07 Å². The first-order valence-electron chi connectivity index (χ1n) is 5.72. The molecular weight excluding hydrogens is 232 g/mol. The molecule has 1 rings (SSSR count). The number of benzene rings is 1. The number of phenolic OH excluding ortho intramolecular Hbond substituents is 1. The molecule has 1 aromatic carbocycles. The lowest BCUT2D eigenvalue weighted by atomic mass is 10.1. The summed E-state index contributed by atoms with van der Waals surface area (Å²) in [4.78, 5) is 24.7. The summed E-state index contributed by atoms with van der Waals surface area (Å²) in [6.45, 7) is 5.13. The minimum atomic E-state index is -0.560. The molecule has 2 amide bonds. The zero-order valence-electron chi connectivity index (χ0n) is 10.8. The number of phenols is 1. The Balaban J connectivity index is 3.10. The molecule has 0 aromatic heterocycles. The summed E-state index contributed by atoms with van der Waals surface area (Å²) in [5.74, 6) is -0.810. The highest BCUT2D eigenvalue weighted by molar-refractivity contribution is 5.98. The Morgan fingerprint density at radius 1 is 1.39 bits per heavy atom. The molecule has 0 aliphatic heterocycles. The van der Waals surface area contributed by atoms with Crippen LogP contribution in [0.25, 0.3) is 0 Å². The summed E-state index contributed by atoms with van der Waals surface area (Å²) in [7, 11) is 0. The van der Waals surface area contributed by atoms with Gasteiger partial charge in [-0.3, -0.25) is 9.59 Å². The Morgan fingerprint density at radius 3 is 2.50 bits per heavy atom. The van der Waals surface area contributed by atoms with Crippen LogP contribution in [-0.2, 0) is 4.79 Å². The molecule has 5 nitrogen and oxygen atoms in total. The second-order valence-electron chi connectivity index (χ2n) is 4.44.